The highest BCUT2D eigenvalue weighted by Gasteiger charge is 2.17. The van der Waals surface area contributed by atoms with E-state index < -0.39 is 11.8 Å². The summed E-state index contributed by atoms with van der Waals surface area (Å²) in [5.74, 6) is 0.634. The lowest BCUT2D eigenvalue weighted by atomic mass is 10.0. The van der Waals surface area contributed by atoms with Gasteiger partial charge in [-0.15, -0.1) is 11.8 Å². The fourth-order valence-electron chi connectivity index (χ4n) is 4.41. The van der Waals surface area contributed by atoms with Crippen LogP contribution in [0.25, 0.3) is 17.4 Å². The molecule has 5 aromatic rings. The maximum atomic E-state index is 13.4. The average molecular weight is 695 g/mol. The summed E-state index contributed by atoms with van der Waals surface area (Å²) < 4.78 is 6.93. The maximum Gasteiger partial charge on any atom is 0.272 e. The van der Waals surface area contributed by atoms with Crippen molar-refractivity contribution in [1.29, 1.82) is 0 Å². The molecule has 7 nitrogen and oxygen atoms in total. The van der Waals surface area contributed by atoms with Gasteiger partial charge >= 0.3 is 0 Å². The zero-order chi connectivity index (χ0) is 32.5. The molecule has 0 bridgehead atoms. The summed E-state index contributed by atoms with van der Waals surface area (Å²) in [5.41, 5.74) is 3.80. The van der Waals surface area contributed by atoms with Gasteiger partial charge in [0.15, 0.2) is 0 Å². The van der Waals surface area contributed by atoms with Crippen LogP contribution in [0.1, 0.15) is 41.4 Å². The normalized spacial score (nSPS) is 11.3. The molecule has 0 aliphatic heterocycles. The van der Waals surface area contributed by atoms with E-state index in [2.05, 4.69) is 45.7 Å². The Hall–Kier alpha value is -4.86. The van der Waals surface area contributed by atoms with E-state index in [1.165, 1.54) is 23.4 Å². The maximum absolute atomic E-state index is 13.4. The molecule has 5 rings (SSSR count). The van der Waals surface area contributed by atoms with E-state index in [0.29, 0.717) is 28.7 Å². The molecule has 46 heavy (non-hydrogen) atoms. The van der Waals surface area contributed by atoms with Gasteiger partial charge in [-0.2, -0.15) is 0 Å². The van der Waals surface area contributed by atoms with Gasteiger partial charge in [0.05, 0.1) is 5.75 Å². The topological polar surface area (TPSA) is 100 Å². The minimum Gasteiger partial charge on any atom is -0.457 e. The highest BCUT2D eigenvalue weighted by Crippen LogP contribution is 2.26. The van der Waals surface area contributed by atoms with Gasteiger partial charge in [-0.1, -0.05) is 72.2 Å². The molecule has 0 fully saturated rings. The third-order valence-electron chi connectivity index (χ3n) is 6.91. The molecular formula is C37H32BrN3O4S. The lowest BCUT2D eigenvalue weighted by Gasteiger charge is -2.11. The van der Waals surface area contributed by atoms with Gasteiger partial charge in [0, 0.05) is 37.9 Å². The van der Waals surface area contributed by atoms with Crippen molar-refractivity contribution in [1.82, 2.24) is 5.32 Å². The number of rotatable bonds is 11. The number of thioether (sulfide) groups is 1. The molecule has 0 saturated carbocycles. The van der Waals surface area contributed by atoms with E-state index in [-0.39, 0.29) is 17.4 Å². The number of anilines is 2. The number of furan rings is 1. The van der Waals surface area contributed by atoms with Crippen LogP contribution in [0.5, 0.6) is 0 Å². The van der Waals surface area contributed by atoms with Gasteiger partial charge in [0.25, 0.3) is 11.8 Å². The quantitative estimate of drug-likeness (QED) is 0.0947. The molecule has 3 amide bonds. The number of benzene rings is 4. The molecule has 9 heteroatoms. The zero-order valence-corrected chi connectivity index (χ0v) is 27.7. The number of hydrogen-bond acceptors (Lipinski definition) is 5. The van der Waals surface area contributed by atoms with Gasteiger partial charge in [-0.05, 0) is 84.3 Å². The van der Waals surface area contributed by atoms with Crippen molar-refractivity contribution in [2.75, 3.05) is 16.4 Å². The van der Waals surface area contributed by atoms with Crippen LogP contribution in [-0.4, -0.2) is 23.5 Å². The van der Waals surface area contributed by atoms with Crippen molar-refractivity contribution in [2.45, 2.75) is 24.7 Å². The van der Waals surface area contributed by atoms with Crippen LogP contribution in [0.15, 0.2) is 135 Å². The third kappa shape index (κ3) is 9.09. The lowest BCUT2D eigenvalue weighted by molar-refractivity contribution is -0.114. The Morgan fingerprint density at radius 2 is 1.43 bits per heavy atom. The molecule has 1 heterocycles. The standard InChI is InChI=1S/C37H32BrN3O4S/c1-24(2)25-10-14-29(15-11-25)39-35(42)23-46-32-19-16-30(17-20-32)40-37(44)33(41-36(43)27-6-4-3-5-7-27)22-31-18-21-34(45-31)26-8-12-28(38)13-9-26/h3-22,24H,23H2,1-2H3,(H,39,42)(H,40,44)(H,41,43). The van der Waals surface area contributed by atoms with E-state index in [0.717, 1.165) is 20.6 Å². The molecule has 0 unspecified atom stereocenters. The smallest absolute Gasteiger partial charge is 0.272 e. The van der Waals surface area contributed by atoms with E-state index in [1.54, 1.807) is 42.5 Å². The number of carbonyl (C=O) groups excluding carboxylic acids is 3. The number of halogens is 1. The third-order valence-corrected chi connectivity index (χ3v) is 8.45. The molecule has 0 radical (unpaired) electrons. The molecule has 0 saturated heterocycles. The van der Waals surface area contributed by atoms with Crippen molar-refractivity contribution in [2.24, 2.45) is 0 Å². The molecule has 0 aliphatic rings. The van der Waals surface area contributed by atoms with E-state index in [4.69, 9.17) is 4.42 Å². The fourth-order valence-corrected chi connectivity index (χ4v) is 5.38. The summed E-state index contributed by atoms with van der Waals surface area (Å²) in [6.07, 6.45) is 1.50. The Kier molecular flexibility index (Phi) is 10.9. The Morgan fingerprint density at radius 3 is 2.11 bits per heavy atom. The Morgan fingerprint density at radius 1 is 0.783 bits per heavy atom. The second-order valence-corrected chi connectivity index (χ2v) is 12.6. The van der Waals surface area contributed by atoms with Crippen LogP contribution in [0, 0.1) is 0 Å². The van der Waals surface area contributed by atoms with Crippen LogP contribution < -0.4 is 16.0 Å². The molecule has 232 valence electrons. The van der Waals surface area contributed by atoms with Crippen molar-refractivity contribution in [3.63, 3.8) is 0 Å². The average Bonchev–Trinajstić information content (AvgIpc) is 3.53. The largest absolute Gasteiger partial charge is 0.457 e. The molecule has 0 aliphatic carbocycles. The van der Waals surface area contributed by atoms with Gasteiger partial charge in [-0.3, -0.25) is 14.4 Å². The summed E-state index contributed by atoms with van der Waals surface area (Å²) in [6.45, 7) is 4.25. The fraction of sp³-hybridized carbons (Fsp3) is 0.108. The molecule has 3 N–H and O–H groups in total. The monoisotopic (exact) mass is 693 g/mol. The number of hydrogen-bond donors (Lipinski definition) is 3. The van der Waals surface area contributed by atoms with Crippen LogP contribution in [-0.2, 0) is 9.59 Å². The van der Waals surface area contributed by atoms with Gasteiger partial charge < -0.3 is 20.4 Å². The predicted molar refractivity (Wildman–Crippen MR) is 189 cm³/mol. The van der Waals surface area contributed by atoms with Crippen molar-refractivity contribution >= 4 is 62.9 Å². The predicted octanol–water partition coefficient (Wildman–Crippen LogP) is 8.97. The van der Waals surface area contributed by atoms with Crippen LogP contribution in [0.4, 0.5) is 11.4 Å². The summed E-state index contributed by atoms with van der Waals surface area (Å²) in [6, 6.07) is 34.9. The first-order valence-electron chi connectivity index (χ1n) is 14.6. The SMILES string of the molecule is CC(C)c1ccc(NC(=O)CSc2ccc(NC(=O)C(=Cc3ccc(-c4ccc(Br)cc4)o3)NC(=O)c3ccccc3)cc2)cc1. The number of amides is 3. The van der Waals surface area contributed by atoms with Crippen molar-refractivity contribution in [3.05, 3.63) is 142 Å². The lowest BCUT2D eigenvalue weighted by Crippen LogP contribution is -2.30. The molecule has 4 aromatic carbocycles. The number of nitrogens with one attached hydrogen (secondary N) is 3. The zero-order valence-electron chi connectivity index (χ0n) is 25.3. The summed E-state index contributed by atoms with van der Waals surface area (Å²) in [4.78, 5) is 39.8. The minimum absolute atomic E-state index is 0.0158. The van der Waals surface area contributed by atoms with Gasteiger partial charge in [-0.25, -0.2) is 0 Å². The molecular weight excluding hydrogens is 662 g/mol. The molecule has 0 spiro atoms. The van der Waals surface area contributed by atoms with E-state index in [1.807, 2.05) is 72.8 Å². The first-order valence-corrected chi connectivity index (χ1v) is 16.4. The van der Waals surface area contributed by atoms with Crippen LogP contribution >= 0.6 is 27.7 Å². The summed E-state index contributed by atoms with van der Waals surface area (Å²) in [5, 5.41) is 8.49. The van der Waals surface area contributed by atoms with Crippen LogP contribution in [0.2, 0.25) is 0 Å². The van der Waals surface area contributed by atoms with Crippen LogP contribution in [0.3, 0.4) is 0 Å². The second kappa shape index (κ2) is 15.4. The molecule has 0 atom stereocenters. The summed E-state index contributed by atoms with van der Waals surface area (Å²) >= 11 is 4.82. The highest BCUT2D eigenvalue weighted by molar-refractivity contribution is 9.10. The Bertz CT molecular complexity index is 1830. The van der Waals surface area contributed by atoms with E-state index >= 15 is 0 Å². The minimum atomic E-state index is -0.519. The van der Waals surface area contributed by atoms with Gasteiger partial charge in [0.2, 0.25) is 5.91 Å². The molecule has 1 aromatic heterocycles. The van der Waals surface area contributed by atoms with E-state index in [9.17, 15) is 14.4 Å². The highest BCUT2D eigenvalue weighted by atomic mass is 79.9. The second-order valence-electron chi connectivity index (χ2n) is 10.7. The summed E-state index contributed by atoms with van der Waals surface area (Å²) in [7, 11) is 0. The first kappa shape index (κ1) is 32.5. The first-order chi connectivity index (χ1) is 22.2. The van der Waals surface area contributed by atoms with Crippen molar-refractivity contribution in [3.8, 4) is 11.3 Å². The Labute approximate surface area is 280 Å². The van der Waals surface area contributed by atoms with Gasteiger partial charge in [0.1, 0.15) is 17.2 Å². The van der Waals surface area contributed by atoms with Crippen molar-refractivity contribution < 1.29 is 18.8 Å². The Balaban J connectivity index is 1.24. The number of carbonyl (C=O) groups is 3.